The van der Waals surface area contributed by atoms with Gasteiger partial charge in [-0.1, -0.05) is 108 Å². The van der Waals surface area contributed by atoms with Crippen LogP contribution in [0.2, 0.25) is 0 Å². The largest absolute Gasteiger partial charge is 0.481 e. The van der Waals surface area contributed by atoms with E-state index >= 15 is 0 Å². The molecule has 0 spiro atoms. The number of benzene rings is 3. The summed E-state index contributed by atoms with van der Waals surface area (Å²) < 4.78 is 5.91. The van der Waals surface area contributed by atoms with E-state index in [4.69, 9.17) is 4.74 Å². The lowest BCUT2D eigenvalue weighted by Crippen LogP contribution is -2.60. The number of para-hydroxylation sites is 2. The van der Waals surface area contributed by atoms with Gasteiger partial charge in [0.05, 0.1) is 18.6 Å². The van der Waals surface area contributed by atoms with Crippen LogP contribution >= 0.6 is 0 Å². The summed E-state index contributed by atoms with van der Waals surface area (Å²) in [5.74, 6) is -8.05. The Bertz CT molecular complexity index is 2170. The van der Waals surface area contributed by atoms with Crippen LogP contribution < -0.4 is 36.6 Å². The van der Waals surface area contributed by atoms with E-state index in [9.17, 15) is 58.8 Å². The van der Waals surface area contributed by atoms with Crippen molar-refractivity contribution in [1.29, 1.82) is 0 Å². The molecule has 3 rings (SSSR count). The van der Waals surface area contributed by atoms with Crippen molar-refractivity contribution in [1.82, 2.24) is 31.9 Å². The summed E-state index contributed by atoms with van der Waals surface area (Å²) in [5, 5.41) is 56.7. The number of carboxylic acid groups (broad SMARTS) is 2. The topological polar surface area (TPSA) is 299 Å². The summed E-state index contributed by atoms with van der Waals surface area (Å²) in [5.41, 5.74) is 0.783. The Labute approximate surface area is 396 Å². The van der Waals surface area contributed by atoms with E-state index in [2.05, 4.69) is 31.9 Å². The molecule has 19 nitrogen and oxygen atoms in total. The Kier molecular flexibility index (Phi) is 22.1. The standard InChI is InChI=1S/C49H66N6O13/c1-27(2)24-35(52-48(65)43(60)33-20-14-15-21-38(33)68-32-18-12-9-13-19-32)37(56)26-39(57)54-41(28(3)4)47(64)55-42(29(5)6)46(63)50-30(7)44(61)51-34(22-23-40(58)59)45(62)53-36(49(66)67)25-31-16-10-8-11-17-31/h8-21,27-30,34-37,41-43,56,60H,22-26H2,1-7H3,(H,50,63)(H,51,61)(H,52,65)(H,53,62)(H,54,57)(H,55,64)(H,58,59)(H,66,67)/t30-,34-,35-,36-,37-,41-,42-,43?/m0/s1. The fraction of sp³-hybridized carbons (Fsp3) is 0.469. The average Bonchev–Trinajstić information content (AvgIpc) is 3.28. The van der Waals surface area contributed by atoms with E-state index in [1.54, 1.807) is 100 Å². The number of carboxylic acids is 2. The summed E-state index contributed by atoms with van der Waals surface area (Å²) in [4.78, 5) is 104. The first kappa shape index (κ1) is 55.5. The van der Waals surface area contributed by atoms with Crippen LogP contribution in [0.3, 0.4) is 0 Å². The molecule has 68 heavy (non-hydrogen) atoms. The monoisotopic (exact) mass is 946 g/mol. The second kappa shape index (κ2) is 27.1. The quantitative estimate of drug-likeness (QED) is 0.0527. The lowest BCUT2D eigenvalue weighted by atomic mass is 9.95. The highest BCUT2D eigenvalue weighted by Crippen LogP contribution is 2.30. The third kappa shape index (κ3) is 18.1. The lowest BCUT2D eigenvalue weighted by Gasteiger charge is -2.29. The smallest absolute Gasteiger partial charge is 0.326 e. The van der Waals surface area contributed by atoms with Crippen LogP contribution in [0.1, 0.15) is 91.4 Å². The van der Waals surface area contributed by atoms with E-state index in [1.807, 2.05) is 19.9 Å². The van der Waals surface area contributed by atoms with E-state index < -0.39 is 127 Å². The molecule has 0 heterocycles. The second-order valence-corrected chi connectivity index (χ2v) is 17.7. The zero-order chi connectivity index (χ0) is 50.7. The minimum atomic E-state index is -1.70. The molecule has 19 heteroatoms. The molecule has 0 fully saturated rings. The molecule has 0 aliphatic heterocycles. The molecule has 0 saturated carbocycles. The molecule has 0 radical (unpaired) electrons. The number of hydrogen-bond acceptors (Lipinski definition) is 11. The third-order valence-corrected chi connectivity index (χ3v) is 10.8. The van der Waals surface area contributed by atoms with Gasteiger partial charge in [-0.3, -0.25) is 33.6 Å². The second-order valence-electron chi connectivity index (χ2n) is 17.7. The maximum Gasteiger partial charge on any atom is 0.326 e. The van der Waals surface area contributed by atoms with Crippen LogP contribution in [0.4, 0.5) is 0 Å². The lowest BCUT2D eigenvalue weighted by molar-refractivity contribution is -0.143. The Balaban J connectivity index is 1.66. The average molecular weight is 947 g/mol. The minimum Gasteiger partial charge on any atom is -0.481 e. The molecule has 10 N–H and O–H groups in total. The van der Waals surface area contributed by atoms with Crippen molar-refractivity contribution in [2.24, 2.45) is 17.8 Å². The maximum atomic E-state index is 13.7. The molecule has 370 valence electrons. The SMILES string of the molecule is CC(C)C[C@H](NC(=O)C(O)c1ccccc1Oc1ccccc1)[C@@H](O)CC(=O)N[C@H](C(=O)N[C@H](C(=O)N[C@@H](C)C(=O)N[C@@H](CCC(=O)O)C(=O)N[C@@H](Cc1ccccc1)C(=O)O)C(C)C)C(C)C. The van der Waals surface area contributed by atoms with E-state index in [0.717, 1.165) is 0 Å². The van der Waals surface area contributed by atoms with Crippen molar-refractivity contribution in [3.63, 3.8) is 0 Å². The molecule has 0 aliphatic carbocycles. The number of carbonyl (C=O) groups excluding carboxylic acids is 6. The molecule has 1 unspecified atom stereocenters. The van der Waals surface area contributed by atoms with Gasteiger partial charge < -0.3 is 57.1 Å². The number of carbonyl (C=O) groups is 8. The number of ether oxygens (including phenoxy) is 1. The summed E-state index contributed by atoms with van der Waals surface area (Å²) in [6.07, 6.45) is -4.51. The number of aliphatic hydroxyl groups is 2. The molecule has 0 saturated heterocycles. The van der Waals surface area contributed by atoms with Crippen molar-refractivity contribution in [2.45, 2.75) is 129 Å². The minimum absolute atomic E-state index is 0.0643. The molecule has 0 aliphatic rings. The van der Waals surface area contributed by atoms with Crippen LogP contribution in [-0.2, 0) is 44.8 Å². The van der Waals surface area contributed by atoms with Gasteiger partial charge in [0.25, 0.3) is 5.91 Å². The number of aliphatic hydroxyl groups excluding tert-OH is 2. The summed E-state index contributed by atoms with van der Waals surface area (Å²) >= 11 is 0. The molecule has 0 aromatic heterocycles. The predicted octanol–water partition coefficient (Wildman–Crippen LogP) is 2.74. The third-order valence-electron chi connectivity index (χ3n) is 10.8. The number of hydrogen-bond donors (Lipinski definition) is 10. The van der Waals surface area contributed by atoms with Crippen LogP contribution in [0.5, 0.6) is 11.5 Å². The van der Waals surface area contributed by atoms with Crippen molar-refractivity contribution >= 4 is 47.4 Å². The maximum absolute atomic E-state index is 13.7. The van der Waals surface area contributed by atoms with Gasteiger partial charge in [0.1, 0.15) is 41.7 Å². The Hall–Kier alpha value is -6.86. The Morgan fingerprint density at radius 2 is 1.12 bits per heavy atom. The normalized spacial score (nSPS) is 14.8. The molecule has 3 aromatic rings. The Morgan fingerprint density at radius 1 is 0.574 bits per heavy atom. The molecular formula is C49H66N6O13. The molecule has 3 aromatic carbocycles. The molecule has 0 bridgehead atoms. The van der Waals surface area contributed by atoms with Crippen molar-refractivity contribution in [3.05, 3.63) is 96.1 Å². The highest BCUT2D eigenvalue weighted by Gasteiger charge is 2.35. The van der Waals surface area contributed by atoms with Gasteiger partial charge in [0.2, 0.25) is 29.5 Å². The van der Waals surface area contributed by atoms with Crippen LogP contribution in [0, 0.1) is 17.8 Å². The van der Waals surface area contributed by atoms with Gasteiger partial charge in [0.15, 0.2) is 6.10 Å². The molecule has 6 amide bonds. The predicted molar refractivity (Wildman–Crippen MR) is 250 cm³/mol. The first-order valence-corrected chi connectivity index (χ1v) is 22.5. The first-order chi connectivity index (χ1) is 32.1. The highest BCUT2D eigenvalue weighted by atomic mass is 16.5. The van der Waals surface area contributed by atoms with Crippen LogP contribution in [-0.4, -0.2) is 110 Å². The Morgan fingerprint density at radius 3 is 1.69 bits per heavy atom. The van der Waals surface area contributed by atoms with Crippen molar-refractivity contribution in [2.75, 3.05) is 0 Å². The van der Waals surface area contributed by atoms with E-state index in [1.165, 1.54) is 13.0 Å². The zero-order valence-corrected chi connectivity index (χ0v) is 39.4. The number of aliphatic carboxylic acids is 2. The highest BCUT2D eigenvalue weighted by molar-refractivity contribution is 5.96. The fourth-order valence-corrected chi connectivity index (χ4v) is 7.04. The van der Waals surface area contributed by atoms with Gasteiger partial charge in [-0.05, 0) is 61.3 Å². The van der Waals surface area contributed by atoms with Gasteiger partial charge in [0, 0.05) is 18.4 Å². The van der Waals surface area contributed by atoms with Crippen molar-refractivity contribution < 1.29 is 63.5 Å². The summed E-state index contributed by atoms with van der Waals surface area (Å²) in [7, 11) is 0. The van der Waals surface area contributed by atoms with E-state index in [0.29, 0.717) is 11.3 Å². The fourth-order valence-electron chi connectivity index (χ4n) is 7.04. The number of rotatable bonds is 27. The summed E-state index contributed by atoms with van der Waals surface area (Å²) in [6, 6.07) is 16.0. The zero-order valence-electron chi connectivity index (χ0n) is 39.4. The van der Waals surface area contributed by atoms with Gasteiger partial charge in [-0.25, -0.2) is 4.79 Å². The van der Waals surface area contributed by atoms with Gasteiger partial charge in [-0.15, -0.1) is 0 Å². The molecular weight excluding hydrogens is 881 g/mol. The first-order valence-electron chi connectivity index (χ1n) is 22.5. The molecule has 8 atom stereocenters. The number of amides is 6. The van der Waals surface area contributed by atoms with Crippen molar-refractivity contribution in [3.8, 4) is 11.5 Å². The van der Waals surface area contributed by atoms with Gasteiger partial charge >= 0.3 is 11.9 Å². The van der Waals surface area contributed by atoms with Crippen LogP contribution in [0.15, 0.2) is 84.9 Å². The van der Waals surface area contributed by atoms with Gasteiger partial charge in [-0.2, -0.15) is 0 Å². The van der Waals surface area contributed by atoms with Crippen LogP contribution in [0.25, 0.3) is 0 Å². The summed E-state index contributed by atoms with van der Waals surface area (Å²) in [6.45, 7) is 11.6. The van der Waals surface area contributed by atoms with E-state index in [-0.39, 0.29) is 30.1 Å². The number of nitrogens with one attached hydrogen (secondary N) is 6.